The van der Waals surface area contributed by atoms with Crippen LogP contribution in [0.25, 0.3) is 0 Å². The molecule has 1 N–H and O–H groups in total. The fourth-order valence-corrected chi connectivity index (χ4v) is 4.78. The fourth-order valence-electron chi connectivity index (χ4n) is 4.78. The van der Waals surface area contributed by atoms with Gasteiger partial charge < -0.3 is 9.84 Å². The number of aryl methyl sites for hydroxylation is 1. The van der Waals surface area contributed by atoms with Crippen molar-refractivity contribution in [3.8, 4) is 5.75 Å². The van der Waals surface area contributed by atoms with Crippen molar-refractivity contribution < 1.29 is 14.6 Å². The number of allylic oxidation sites excluding steroid dienone is 2. The Morgan fingerprint density at radius 1 is 1.23 bits per heavy atom. The number of hydrogen-bond acceptors (Lipinski definition) is 2. The molecule has 1 aromatic carbocycles. The largest absolute Gasteiger partial charge is 0.493 e. The summed E-state index contributed by atoms with van der Waals surface area (Å²) in [6.07, 6.45) is 13.2. The van der Waals surface area contributed by atoms with Gasteiger partial charge in [0.2, 0.25) is 0 Å². The molecule has 3 nitrogen and oxygen atoms in total. The molecule has 0 aliphatic heterocycles. The number of benzene rings is 1. The minimum atomic E-state index is -0.753. The van der Waals surface area contributed by atoms with Crippen LogP contribution < -0.4 is 4.74 Å². The summed E-state index contributed by atoms with van der Waals surface area (Å²) < 4.78 is 6.09. The normalized spacial score (nSPS) is 27.4. The number of carboxylic acid groups (broad SMARTS) is 1. The zero-order valence-corrected chi connectivity index (χ0v) is 16.2. The molecule has 0 radical (unpaired) electrons. The predicted molar refractivity (Wildman–Crippen MR) is 104 cm³/mol. The Kier molecular flexibility index (Phi) is 5.74. The second kappa shape index (κ2) is 7.85. The fraction of sp³-hybridized carbons (Fsp3) is 0.609. The zero-order chi connectivity index (χ0) is 18.6. The van der Waals surface area contributed by atoms with Gasteiger partial charge in [-0.3, -0.25) is 4.79 Å². The van der Waals surface area contributed by atoms with E-state index in [2.05, 4.69) is 26.0 Å². The maximum atomic E-state index is 10.7. The number of carboxylic acids is 1. The quantitative estimate of drug-likeness (QED) is 0.671. The Morgan fingerprint density at radius 3 is 2.69 bits per heavy atom. The molecule has 26 heavy (non-hydrogen) atoms. The monoisotopic (exact) mass is 356 g/mol. The van der Waals surface area contributed by atoms with Crippen LogP contribution in [0.5, 0.6) is 5.75 Å². The van der Waals surface area contributed by atoms with Gasteiger partial charge in [0.1, 0.15) is 5.75 Å². The number of rotatable bonds is 6. The molecule has 2 aliphatic rings. The van der Waals surface area contributed by atoms with Gasteiger partial charge in [-0.1, -0.05) is 44.6 Å². The molecule has 1 spiro atoms. The summed E-state index contributed by atoms with van der Waals surface area (Å²) in [6.45, 7) is 5.66. The summed E-state index contributed by atoms with van der Waals surface area (Å²) >= 11 is 0. The van der Waals surface area contributed by atoms with Crippen LogP contribution >= 0.6 is 0 Å². The first-order valence-electron chi connectivity index (χ1n) is 10.0. The van der Waals surface area contributed by atoms with E-state index in [-0.39, 0.29) is 6.42 Å². The van der Waals surface area contributed by atoms with E-state index in [0.29, 0.717) is 23.2 Å². The molecular weight excluding hydrogens is 324 g/mol. The molecule has 142 valence electrons. The maximum absolute atomic E-state index is 10.7. The number of hydrogen-bond donors (Lipinski definition) is 1. The summed E-state index contributed by atoms with van der Waals surface area (Å²) in [4.78, 5) is 10.7. The van der Waals surface area contributed by atoms with E-state index in [0.717, 1.165) is 17.9 Å². The number of ether oxygens (including phenoxy) is 1. The van der Waals surface area contributed by atoms with Crippen LogP contribution in [0.15, 0.2) is 36.4 Å². The highest BCUT2D eigenvalue weighted by Crippen LogP contribution is 2.56. The van der Waals surface area contributed by atoms with Gasteiger partial charge >= 0.3 is 5.97 Å². The van der Waals surface area contributed by atoms with Crippen molar-refractivity contribution >= 4 is 5.97 Å². The molecule has 3 rings (SSSR count). The second-order valence-corrected chi connectivity index (χ2v) is 8.79. The van der Waals surface area contributed by atoms with Gasteiger partial charge in [-0.15, -0.1) is 0 Å². The molecule has 0 bridgehead atoms. The molecule has 0 aromatic heterocycles. The highest BCUT2D eigenvalue weighted by Gasteiger charge is 2.46. The number of carbonyl (C=O) groups is 1. The first kappa shape index (κ1) is 19.0. The highest BCUT2D eigenvalue weighted by atomic mass is 16.5. The minimum Gasteiger partial charge on any atom is -0.493 e. The molecular formula is C23H32O3. The van der Waals surface area contributed by atoms with Crippen molar-refractivity contribution in [2.45, 2.75) is 65.2 Å². The SMILES string of the molecule is CC1(C)CCC=CC12CCCC(COc1ccc(CCC(=O)O)cc1)C2. The molecule has 1 saturated carbocycles. The smallest absolute Gasteiger partial charge is 0.303 e. The van der Waals surface area contributed by atoms with Gasteiger partial charge in [0.25, 0.3) is 0 Å². The summed E-state index contributed by atoms with van der Waals surface area (Å²) in [6, 6.07) is 7.90. The lowest BCUT2D eigenvalue weighted by molar-refractivity contribution is -0.136. The van der Waals surface area contributed by atoms with Crippen molar-refractivity contribution in [3.05, 3.63) is 42.0 Å². The predicted octanol–water partition coefficient (Wildman–Crippen LogP) is 5.64. The molecule has 2 aliphatic carbocycles. The summed E-state index contributed by atoms with van der Waals surface area (Å²) in [5.74, 6) is 0.746. The Bertz CT molecular complexity index is 644. The standard InChI is InChI=1S/C23H32O3/c1-22(2)13-3-4-14-23(22)15-5-6-19(16-23)17-26-20-10-7-18(8-11-20)9-12-21(24)25/h4,7-8,10-11,14,19H,3,5-6,9,12-13,15-17H2,1-2H3,(H,24,25). The lowest BCUT2D eigenvalue weighted by Gasteiger charge is -2.51. The summed E-state index contributed by atoms with van der Waals surface area (Å²) in [5.41, 5.74) is 1.77. The third-order valence-corrected chi connectivity index (χ3v) is 6.65. The average molecular weight is 357 g/mol. The highest BCUT2D eigenvalue weighted by molar-refractivity contribution is 5.67. The molecule has 1 aromatic rings. The van der Waals surface area contributed by atoms with Crippen LogP contribution in [0, 0.1) is 16.7 Å². The van der Waals surface area contributed by atoms with Crippen LogP contribution in [0.1, 0.15) is 64.4 Å². The molecule has 2 unspecified atom stereocenters. The van der Waals surface area contributed by atoms with E-state index in [1.54, 1.807) is 0 Å². The van der Waals surface area contributed by atoms with Crippen LogP contribution in [0.2, 0.25) is 0 Å². The Balaban J connectivity index is 1.55. The van der Waals surface area contributed by atoms with Crippen molar-refractivity contribution in [1.82, 2.24) is 0 Å². The first-order chi connectivity index (χ1) is 12.4. The van der Waals surface area contributed by atoms with Crippen molar-refractivity contribution in [3.63, 3.8) is 0 Å². The lowest BCUT2D eigenvalue weighted by Crippen LogP contribution is -2.42. The van der Waals surface area contributed by atoms with Crippen LogP contribution in [-0.2, 0) is 11.2 Å². The summed E-state index contributed by atoms with van der Waals surface area (Å²) in [7, 11) is 0. The van der Waals surface area contributed by atoms with Crippen molar-refractivity contribution in [2.75, 3.05) is 6.61 Å². The first-order valence-corrected chi connectivity index (χ1v) is 10.0. The van der Waals surface area contributed by atoms with Crippen LogP contribution in [0.3, 0.4) is 0 Å². The summed E-state index contributed by atoms with van der Waals surface area (Å²) in [5, 5.41) is 8.77. The number of aliphatic carboxylic acids is 1. The van der Waals surface area contributed by atoms with E-state index < -0.39 is 5.97 Å². The van der Waals surface area contributed by atoms with Crippen LogP contribution in [0.4, 0.5) is 0 Å². The Hall–Kier alpha value is -1.77. The van der Waals surface area contributed by atoms with Gasteiger partial charge in [-0.05, 0) is 73.0 Å². The minimum absolute atomic E-state index is 0.174. The van der Waals surface area contributed by atoms with E-state index in [9.17, 15) is 4.79 Å². The van der Waals surface area contributed by atoms with Gasteiger partial charge in [-0.2, -0.15) is 0 Å². The van der Waals surface area contributed by atoms with Crippen LogP contribution in [-0.4, -0.2) is 17.7 Å². The van der Waals surface area contributed by atoms with E-state index in [1.165, 1.54) is 38.5 Å². The zero-order valence-electron chi connectivity index (χ0n) is 16.2. The van der Waals surface area contributed by atoms with Gasteiger partial charge in [0, 0.05) is 6.42 Å². The maximum Gasteiger partial charge on any atom is 0.303 e. The lowest BCUT2D eigenvalue weighted by atomic mass is 9.53. The molecule has 3 heteroatoms. The van der Waals surface area contributed by atoms with E-state index >= 15 is 0 Å². The van der Waals surface area contributed by atoms with Gasteiger partial charge in [0.15, 0.2) is 0 Å². The van der Waals surface area contributed by atoms with E-state index in [4.69, 9.17) is 9.84 Å². The van der Waals surface area contributed by atoms with Gasteiger partial charge in [0.05, 0.1) is 6.61 Å². The third-order valence-electron chi connectivity index (χ3n) is 6.65. The Morgan fingerprint density at radius 2 is 2.00 bits per heavy atom. The average Bonchev–Trinajstić information content (AvgIpc) is 2.62. The topological polar surface area (TPSA) is 46.5 Å². The molecule has 0 amide bonds. The molecule has 2 atom stereocenters. The molecule has 1 fully saturated rings. The van der Waals surface area contributed by atoms with Crippen molar-refractivity contribution in [1.29, 1.82) is 0 Å². The van der Waals surface area contributed by atoms with E-state index in [1.807, 2.05) is 24.3 Å². The van der Waals surface area contributed by atoms with Crippen molar-refractivity contribution in [2.24, 2.45) is 16.7 Å². The van der Waals surface area contributed by atoms with Gasteiger partial charge in [-0.25, -0.2) is 0 Å². The Labute approximate surface area is 157 Å². The third kappa shape index (κ3) is 4.31. The second-order valence-electron chi connectivity index (χ2n) is 8.79. The molecule has 0 heterocycles. The molecule has 0 saturated heterocycles.